The van der Waals surface area contributed by atoms with Gasteiger partial charge < -0.3 is 10.8 Å². The van der Waals surface area contributed by atoms with Gasteiger partial charge in [-0.3, -0.25) is 0 Å². The number of aryl methyl sites for hydroxylation is 1. The standard InChI is InChI=1S/C16H20ClNOS/c17-13-8-6-12(7-9-13)15(11-18)16(19)5-1-3-14-4-2-10-20-14/h2,4,6-10,15-16,19H,1,3,5,11,18H2. The van der Waals surface area contributed by atoms with E-state index in [2.05, 4.69) is 17.5 Å². The Bertz CT molecular complexity index is 498. The third kappa shape index (κ3) is 4.32. The molecule has 2 rings (SSSR count). The molecule has 2 unspecified atom stereocenters. The molecular formula is C16H20ClNOS. The fourth-order valence-electron chi connectivity index (χ4n) is 2.37. The van der Waals surface area contributed by atoms with E-state index in [1.165, 1.54) is 4.88 Å². The first-order valence-corrected chi connectivity index (χ1v) is 8.12. The summed E-state index contributed by atoms with van der Waals surface area (Å²) in [7, 11) is 0. The van der Waals surface area contributed by atoms with Gasteiger partial charge in [-0.25, -0.2) is 0 Å². The number of halogens is 1. The lowest BCUT2D eigenvalue weighted by atomic mass is 9.90. The van der Waals surface area contributed by atoms with Crippen LogP contribution in [-0.4, -0.2) is 17.8 Å². The molecule has 2 nitrogen and oxygen atoms in total. The molecule has 0 aliphatic rings. The summed E-state index contributed by atoms with van der Waals surface area (Å²) < 4.78 is 0. The van der Waals surface area contributed by atoms with Gasteiger partial charge in [-0.2, -0.15) is 0 Å². The van der Waals surface area contributed by atoms with Crippen molar-refractivity contribution in [1.82, 2.24) is 0 Å². The lowest BCUT2D eigenvalue weighted by molar-refractivity contribution is 0.133. The van der Waals surface area contributed by atoms with Crippen molar-refractivity contribution in [2.75, 3.05) is 6.54 Å². The maximum absolute atomic E-state index is 10.4. The molecule has 0 aliphatic carbocycles. The minimum atomic E-state index is -0.402. The van der Waals surface area contributed by atoms with Crippen LogP contribution in [0.5, 0.6) is 0 Å². The molecule has 3 N–H and O–H groups in total. The van der Waals surface area contributed by atoms with Gasteiger partial charge in [0, 0.05) is 22.4 Å². The monoisotopic (exact) mass is 309 g/mol. The summed E-state index contributed by atoms with van der Waals surface area (Å²) in [5.41, 5.74) is 6.88. The molecule has 0 aliphatic heterocycles. The van der Waals surface area contributed by atoms with Crippen LogP contribution in [0.25, 0.3) is 0 Å². The largest absolute Gasteiger partial charge is 0.392 e. The molecule has 0 spiro atoms. The van der Waals surface area contributed by atoms with Gasteiger partial charge in [-0.05, 0) is 48.4 Å². The number of nitrogens with two attached hydrogens (primary N) is 1. The van der Waals surface area contributed by atoms with Gasteiger partial charge in [0.15, 0.2) is 0 Å². The highest BCUT2D eigenvalue weighted by Crippen LogP contribution is 2.24. The van der Waals surface area contributed by atoms with E-state index in [1.54, 1.807) is 11.3 Å². The van der Waals surface area contributed by atoms with Crippen molar-refractivity contribution in [1.29, 1.82) is 0 Å². The molecule has 1 aromatic carbocycles. The summed E-state index contributed by atoms with van der Waals surface area (Å²) in [5.74, 6) is -0.0180. The van der Waals surface area contributed by atoms with Crippen LogP contribution >= 0.6 is 22.9 Å². The van der Waals surface area contributed by atoms with E-state index in [0.29, 0.717) is 11.6 Å². The Balaban J connectivity index is 1.88. The Labute approximate surface area is 129 Å². The molecule has 1 aromatic heterocycles. The van der Waals surface area contributed by atoms with Crippen LogP contribution in [0.4, 0.5) is 0 Å². The van der Waals surface area contributed by atoms with Crippen LogP contribution in [0.2, 0.25) is 5.02 Å². The second kappa shape index (κ2) is 7.79. The minimum absolute atomic E-state index is 0.0180. The van der Waals surface area contributed by atoms with Gasteiger partial charge >= 0.3 is 0 Å². The zero-order valence-corrected chi connectivity index (χ0v) is 12.9. The van der Waals surface area contributed by atoms with E-state index in [4.69, 9.17) is 17.3 Å². The third-order valence-corrected chi connectivity index (χ3v) is 4.71. The molecule has 1 heterocycles. The minimum Gasteiger partial charge on any atom is -0.392 e. The fourth-order valence-corrected chi connectivity index (χ4v) is 3.24. The summed E-state index contributed by atoms with van der Waals surface area (Å²) in [5, 5.41) is 13.1. The number of hydrogen-bond donors (Lipinski definition) is 2. The summed E-state index contributed by atoms with van der Waals surface area (Å²) >= 11 is 7.65. The fraction of sp³-hybridized carbons (Fsp3) is 0.375. The SMILES string of the molecule is NCC(c1ccc(Cl)cc1)C(O)CCCc1cccs1. The van der Waals surface area contributed by atoms with Crippen molar-refractivity contribution >= 4 is 22.9 Å². The Hall–Kier alpha value is -0.870. The molecule has 0 bridgehead atoms. The maximum atomic E-state index is 10.4. The lowest BCUT2D eigenvalue weighted by Gasteiger charge is -2.22. The molecule has 108 valence electrons. The van der Waals surface area contributed by atoms with E-state index >= 15 is 0 Å². The lowest BCUT2D eigenvalue weighted by Crippen LogP contribution is -2.26. The predicted octanol–water partition coefficient (Wildman–Crippen LogP) is 3.83. The zero-order valence-electron chi connectivity index (χ0n) is 11.3. The highest BCUT2D eigenvalue weighted by molar-refractivity contribution is 7.09. The van der Waals surface area contributed by atoms with Crippen molar-refractivity contribution in [3.05, 3.63) is 57.2 Å². The van der Waals surface area contributed by atoms with Crippen LogP contribution in [-0.2, 0) is 6.42 Å². The number of aliphatic hydroxyl groups excluding tert-OH is 1. The van der Waals surface area contributed by atoms with Crippen LogP contribution in [0, 0.1) is 0 Å². The van der Waals surface area contributed by atoms with Crippen LogP contribution in [0.3, 0.4) is 0 Å². The average molecular weight is 310 g/mol. The quantitative estimate of drug-likeness (QED) is 0.816. The predicted molar refractivity (Wildman–Crippen MR) is 86.5 cm³/mol. The van der Waals surface area contributed by atoms with Gasteiger partial charge in [0.2, 0.25) is 0 Å². The van der Waals surface area contributed by atoms with Gasteiger partial charge in [0.25, 0.3) is 0 Å². The normalized spacial score (nSPS) is 14.2. The number of hydrogen-bond acceptors (Lipinski definition) is 3. The second-order valence-electron chi connectivity index (χ2n) is 4.93. The van der Waals surface area contributed by atoms with E-state index in [0.717, 1.165) is 24.8 Å². The van der Waals surface area contributed by atoms with Gasteiger partial charge in [0.05, 0.1) is 6.10 Å². The summed E-state index contributed by atoms with van der Waals surface area (Å²) in [6.45, 7) is 0.446. The Morgan fingerprint density at radius 3 is 2.55 bits per heavy atom. The molecule has 0 saturated heterocycles. The summed E-state index contributed by atoms with van der Waals surface area (Å²) in [6, 6.07) is 11.8. The Kier molecular flexibility index (Phi) is 6.05. The smallest absolute Gasteiger partial charge is 0.0621 e. The van der Waals surface area contributed by atoms with Crippen molar-refractivity contribution < 1.29 is 5.11 Å². The Morgan fingerprint density at radius 1 is 1.20 bits per heavy atom. The second-order valence-corrected chi connectivity index (χ2v) is 6.40. The van der Waals surface area contributed by atoms with E-state index < -0.39 is 6.10 Å². The first kappa shape index (κ1) is 15.5. The number of rotatable bonds is 7. The van der Waals surface area contributed by atoms with Crippen LogP contribution in [0.15, 0.2) is 41.8 Å². The molecule has 0 radical (unpaired) electrons. The van der Waals surface area contributed by atoms with Crippen molar-refractivity contribution in [3.63, 3.8) is 0 Å². The first-order chi connectivity index (χ1) is 9.70. The van der Waals surface area contributed by atoms with E-state index in [9.17, 15) is 5.11 Å². The number of benzene rings is 1. The number of thiophene rings is 1. The molecular weight excluding hydrogens is 290 g/mol. The topological polar surface area (TPSA) is 46.2 Å². The molecule has 0 saturated carbocycles. The maximum Gasteiger partial charge on any atom is 0.0621 e. The van der Waals surface area contributed by atoms with Crippen LogP contribution < -0.4 is 5.73 Å². The van der Waals surface area contributed by atoms with Gasteiger partial charge in [-0.1, -0.05) is 29.8 Å². The Morgan fingerprint density at radius 2 is 1.95 bits per heavy atom. The molecule has 4 heteroatoms. The molecule has 0 amide bonds. The van der Waals surface area contributed by atoms with Crippen molar-refractivity contribution in [2.45, 2.75) is 31.3 Å². The average Bonchev–Trinajstić information content (AvgIpc) is 2.95. The van der Waals surface area contributed by atoms with Crippen molar-refractivity contribution in [3.8, 4) is 0 Å². The third-order valence-electron chi connectivity index (χ3n) is 3.52. The molecule has 20 heavy (non-hydrogen) atoms. The first-order valence-electron chi connectivity index (χ1n) is 6.86. The number of aliphatic hydroxyl groups is 1. The van der Waals surface area contributed by atoms with Crippen LogP contribution in [0.1, 0.15) is 29.2 Å². The summed E-state index contributed by atoms with van der Waals surface area (Å²) in [4.78, 5) is 1.37. The van der Waals surface area contributed by atoms with Gasteiger partial charge in [0.1, 0.15) is 0 Å². The van der Waals surface area contributed by atoms with Crippen molar-refractivity contribution in [2.24, 2.45) is 5.73 Å². The van der Waals surface area contributed by atoms with E-state index in [1.807, 2.05) is 24.3 Å². The zero-order chi connectivity index (χ0) is 14.4. The van der Waals surface area contributed by atoms with E-state index in [-0.39, 0.29) is 5.92 Å². The highest BCUT2D eigenvalue weighted by Gasteiger charge is 2.19. The molecule has 2 atom stereocenters. The van der Waals surface area contributed by atoms with Gasteiger partial charge in [-0.15, -0.1) is 11.3 Å². The highest BCUT2D eigenvalue weighted by atomic mass is 35.5. The molecule has 0 fully saturated rings. The summed E-state index contributed by atoms with van der Waals surface area (Å²) in [6.07, 6.45) is 2.36. The molecule has 2 aromatic rings.